The maximum Gasteiger partial charge on any atom is 0.313 e. The van der Waals surface area contributed by atoms with Gasteiger partial charge in [0.25, 0.3) is 46.5 Å². The number of phosphoric acid groups is 3. The number of phosphoric ester groups is 2. The van der Waals surface area contributed by atoms with Gasteiger partial charge in [0.15, 0.2) is 12.7 Å². The number of hydrogen-bond acceptors (Lipinski definition) is 22. The number of aromatic amines is 2. The average molecular weight is 815 g/mol. The summed E-state index contributed by atoms with van der Waals surface area (Å²) in [5.74, 6) is -0.595. The molecule has 0 bridgehead atoms. The molecular formula is C22H30N10O18P3-. The monoisotopic (exact) mass is 815 g/mol. The third-order valence-corrected chi connectivity index (χ3v) is 12.1. The molecule has 28 nitrogen and oxygen atoms in total. The third kappa shape index (κ3) is 7.72. The summed E-state index contributed by atoms with van der Waals surface area (Å²) in [5.41, 5.74) is 9.68. The van der Waals surface area contributed by atoms with Crippen LogP contribution in [0.2, 0.25) is 0 Å². The topological polar surface area (TPSA) is 418 Å². The first-order valence-corrected chi connectivity index (χ1v) is 19.2. The van der Waals surface area contributed by atoms with Gasteiger partial charge in [0.05, 0.1) is 27.3 Å². The molecule has 6 heterocycles. The Morgan fingerprint density at radius 1 is 0.736 bits per heavy atom. The number of nitrogen functional groups attached to an aromatic ring is 2. The lowest BCUT2D eigenvalue weighted by molar-refractivity contribution is -0.746. The number of rotatable bonds is 12. The van der Waals surface area contributed by atoms with Crippen molar-refractivity contribution < 1.29 is 85.1 Å². The Morgan fingerprint density at radius 3 is 1.45 bits per heavy atom. The number of H-pyrrole nitrogens is 2. The van der Waals surface area contributed by atoms with E-state index in [0.717, 1.165) is 9.13 Å². The van der Waals surface area contributed by atoms with Gasteiger partial charge in [0, 0.05) is 0 Å². The number of anilines is 2. The Balaban J connectivity index is 1.05. The number of ether oxygens (including phenoxy) is 2. The number of nitrogens with one attached hydrogen (secondary N) is 2. The van der Waals surface area contributed by atoms with E-state index in [1.54, 1.807) is 0 Å². The Kier molecular flexibility index (Phi) is 10.3. The number of aliphatic hydroxyl groups excluding tert-OH is 4. The first-order valence-electron chi connectivity index (χ1n) is 14.8. The Bertz CT molecular complexity index is 2170. The molecule has 292 valence electrons. The number of fused-ring (bicyclic) bond motifs is 2. The van der Waals surface area contributed by atoms with Crippen LogP contribution in [0.5, 0.6) is 0 Å². The molecule has 4 aromatic rings. The second-order valence-electron chi connectivity index (χ2n) is 11.7. The summed E-state index contributed by atoms with van der Waals surface area (Å²) in [5, 5.41) is 42.1. The smallest absolute Gasteiger partial charge is 0.313 e. The van der Waals surface area contributed by atoms with E-state index in [9.17, 15) is 58.4 Å². The number of nitrogens with zero attached hydrogens (tertiary/aromatic N) is 6. The zero-order chi connectivity index (χ0) is 38.9. The lowest BCUT2D eigenvalue weighted by Crippen LogP contribution is -2.46. The fourth-order valence-electron chi connectivity index (χ4n) is 5.74. The van der Waals surface area contributed by atoms with E-state index in [4.69, 9.17) is 20.9 Å². The van der Waals surface area contributed by atoms with E-state index >= 15 is 0 Å². The van der Waals surface area contributed by atoms with Crippen LogP contribution in [0.25, 0.3) is 22.3 Å². The molecule has 0 saturated carbocycles. The molecule has 2 aliphatic heterocycles. The van der Waals surface area contributed by atoms with Gasteiger partial charge in [-0.2, -0.15) is 0 Å². The quantitative estimate of drug-likeness (QED) is 0.0486. The average Bonchev–Trinajstić information content (AvgIpc) is 3.71. The molecule has 53 heavy (non-hydrogen) atoms. The van der Waals surface area contributed by atoms with E-state index in [-0.39, 0.29) is 34.2 Å². The van der Waals surface area contributed by atoms with Crippen LogP contribution in [0.1, 0.15) is 12.5 Å². The van der Waals surface area contributed by atoms with Crippen LogP contribution in [0.15, 0.2) is 22.2 Å². The molecule has 10 atom stereocenters. The largest absolute Gasteiger partial charge is 0.756 e. The molecule has 0 radical (unpaired) electrons. The van der Waals surface area contributed by atoms with Gasteiger partial charge in [-0.1, -0.05) is 9.97 Å². The van der Waals surface area contributed by atoms with Crippen LogP contribution in [0.4, 0.5) is 11.9 Å². The lowest BCUT2D eigenvalue weighted by Gasteiger charge is -2.34. The molecule has 31 heteroatoms. The van der Waals surface area contributed by atoms with E-state index in [1.807, 2.05) is 0 Å². The van der Waals surface area contributed by atoms with E-state index in [1.165, 1.54) is 35.9 Å². The van der Waals surface area contributed by atoms with Gasteiger partial charge >= 0.3 is 11.3 Å². The van der Waals surface area contributed by atoms with Crippen molar-refractivity contribution in [1.82, 2.24) is 29.1 Å². The second-order valence-corrected chi connectivity index (χ2v) is 16.2. The van der Waals surface area contributed by atoms with Crippen LogP contribution in [0, 0.1) is 0 Å². The van der Waals surface area contributed by atoms with Gasteiger partial charge < -0.3 is 65.1 Å². The summed E-state index contributed by atoms with van der Waals surface area (Å²) in [7, 11) is -15.5. The first kappa shape index (κ1) is 39.2. The Labute approximate surface area is 293 Å². The van der Waals surface area contributed by atoms with Crippen molar-refractivity contribution in [2.75, 3.05) is 24.7 Å². The zero-order valence-electron chi connectivity index (χ0n) is 26.9. The number of aromatic nitrogens is 8. The number of nitrogens with two attached hydrogens (primary N) is 2. The van der Waals surface area contributed by atoms with Crippen molar-refractivity contribution >= 4 is 57.7 Å². The van der Waals surface area contributed by atoms with Gasteiger partial charge in [0.1, 0.15) is 36.6 Å². The first-order chi connectivity index (χ1) is 24.6. The Morgan fingerprint density at radius 2 is 1.09 bits per heavy atom. The summed E-state index contributed by atoms with van der Waals surface area (Å²) < 4.78 is 69.2. The summed E-state index contributed by atoms with van der Waals surface area (Å²) in [6, 6.07) is 0. The molecule has 2 aliphatic rings. The summed E-state index contributed by atoms with van der Waals surface area (Å²) in [6.45, 7) is -2.37. The molecule has 6 unspecified atom stereocenters. The Hall–Kier alpha value is -3.53. The molecule has 0 amide bonds. The molecule has 2 fully saturated rings. The van der Waals surface area contributed by atoms with E-state index in [2.05, 4.69) is 37.6 Å². The second kappa shape index (κ2) is 14.0. The number of aryl methyl sites for hydroxylation is 2. The highest BCUT2D eigenvalue weighted by Crippen LogP contribution is 2.63. The molecular weight excluding hydrogens is 785 g/mol. The normalized spacial score (nSPS) is 29.8. The SMILES string of the molecule is Cn1c[n+](C2O[C@H](COP(=O)([O-])OP(=O)([O-])OP(=O)([O-])OC[C@H]3OC([n+]4cn(C)c5c(=O)[nH]c(N)nc54)[C@H](O)C3O)C(O)[C@H]2O)c2nc(N)[nH]c(=O)c21. The minimum absolute atomic E-state index is 0.0106. The third-order valence-electron chi connectivity index (χ3n) is 8.00. The molecule has 0 aromatic carbocycles. The number of aliphatic hydroxyl groups is 4. The molecule has 4 aromatic heterocycles. The molecule has 2 saturated heterocycles. The minimum atomic E-state index is -6.38. The van der Waals surface area contributed by atoms with Crippen LogP contribution in [-0.4, -0.2) is 99.3 Å². The molecule has 10 N–H and O–H groups in total. The highest BCUT2D eigenvalue weighted by atomic mass is 31.3. The van der Waals surface area contributed by atoms with Gasteiger partial charge in [0.2, 0.25) is 23.5 Å². The van der Waals surface area contributed by atoms with Crippen molar-refractivity contribution in [3.63, 3.8) is 0 Å². The predicted molar refractivity (Wildman–Crippen MR) is 161 cm³/mol. The lowest BCUT2D eigenvalue weighted by atomic mass is 10.1. The minimum Gasteiger partial charge on any atom is -0.756 e. The van der Waals surface area contributed by atoms with Crippen molar-refractivity contribution in [3.05, 3.63) is 33.4 Å². The highest BCUT2D eigenvalue weighted by molar-refractivity contribution is 7.65. The summed E-state index contributed by atoms with van der Waals surface area (Å²) in [4.78, 5) is 74.1. The maximum atomic E-state index is 12.3. The van der Waals surface area contributed by atoms with Crippen molar-refractivity contribution in [2.24, 2.45) is 14.1 Å². The van der Waals surface area contributed by atoms with Crippen molar-refractivity contribution in [2.45, 2.75) is 49.1 Å². The van der Waals surface area contributed by atoms with Gasteiger partial charge in [-0.3, -0.25) is 42.4 Å². The molecule has 0 spiro atoms. The fraction of sp³-hybridized carbons (Fsp3) is 0.545. The summed E-state index contributed by atoms with van der Waals surface area (Å²) in [6.07, 6.45) is -11.1. The van der Waals surface area contributed by atoms with Crippen molar-refractivity contribution in [3.8, 4) is 0 Å². The van der Waals surface area contributed by atoms with E-state index in [0.29, 0.717) is 0 Å². The fourth-order valence-corrected chi connectivity index (χ4v) is 9.12. The number of imidazole rings is 2. The van der Waals surface area contributed by atoms with Crippen molar-refractivity contribution in [1.29, 1.82) is 0 Å². The van der Waals surface area contributed by atoms with Crippen LogP contribution in [0.3, 0.4) is 0 Å². The maximum absolute atomic E-state index is 12.3. The predicted octanol–water partition coefficient (Wildman–Crippen LogP) is -7.01. The van der Waals surface area contributed by atoms with Crippen LogP contribution in [-0.2, 0) is 54.9 Å². The van der Waals surface area contributed by atoms with Crippen LogP contribution >= 0.6 is 23.5 Å². The number of hydrogen-bond donors (Lipinski definition) is 8. The van der Waals surface area contributed by atoms with Gasteiger partial charge in [-0.15, -0.1) is 0 Å². The standard InChI is InChI=1S/C22H31N10O18P3/c1-29-5-31(15-9(29)17(37)27-21(23)25-15)19-13(35)11(33)7(47-19)3-45-51(39,40)49-53(43,44)50-52(41,42)46-4-8-12(34)14(36)20(48-8)32-6-30(2)10-16(32)26-22(24)28-18(10)38/h5-8,11-14,19-20,33-36H,3-4H2,1-2H3,(H7-2,23,24,25,26,27,28,37,38,39,40,41,42,43,44)/p-1/t7-,8-,11?,12?,13-,14-,19?,20?/m1/s1. The molecule has 0 aliphatic carbocycles. The molecule has 6 rings (SSSR count). The van der Waals surface area contributed by atoms with E-state index < -0.39 is 96.9 Å². The van der Waals surface area contributed by atoms with Crippen LogP contribution < -0.4 is 46.4 Å². The zero-order valence-corrected chi connectivity index (χ0v) is 29.6. The van der Waals surface area contributed by atoms with Gasteiger partial charge in [-0.25, -0.2) is 17.8 Å². The van der Waals surface area contributed by atoms with Gasteiger partial charge in [-0.05, 0) is 0 Å². The highest BCUT2D eigenvalue weighted by Gasteiger charge is 2.49. The summed E-state index contributed by atoms with van der Waals surface area (Å²) >= 11 is 0.